The van der Waals surface area contributed by atoms with Gasteiger partial charge in [-0.1, -0.05) is 6.07 Å². The predicted molar refractivity (Wildman–Crippen MR) is 150 cm³/mol. The number of carbonyl (C=O) groups excluding carboxylic acids is 2. The van der Waals surface area contributed by atoms with Crippen LogP contribution < -0.4 is 10.2 Å². The van der Waals surface area contributed by atoms with Gasteiger partial charge in [-0.2, -0.15) is 0 Å². The van der Waals surface area contributed by atoms with Crippen molar-refractivity contribution in [2.24, 2.45) is 0 Å². The van der Waals surface area contributed by atoms with E-state index in [-0.39, 0.29) is 42.2 Å². The predicted octanol–water partition coefficient (Wildman–Crippen LogP) is 5.64. The summed E-state index contributed by atoms with van der Waals surface area (Å²) < 4.78 is 53.8. The van der Waals surface area contributed by atoms with Crippen molar-refractivity contribution in [3.8, 4) is 0 Å². The second-order valence-corrected chi connectivity index (χ2v) is 13.8. The minimum absolute atomic E-state index is 0.0567. The largest absolute Gasteiger partial charge is 0.444 e. The van der Waals surface area contributed by atoms with Gasteiger partial charge in [-0.15, -0.1) is 0 Å². The maximum Gasteiger partial charge on any atom is 0.410 e. The van der Waals surface area contributed by atoms with Crippen LogP contribution in [0.2, 0.25) is 0 Å². The Morgan fingerprint density at radius 3 is 2.55 bits per heavy atom. The van der Waals surface area contributed by atoms with E-state index >= 15 is 0 Å². The summed E-state index contributed by atoms with van der Waals surface area (Å²) >= 11 is 0. The van der Waals surface area contributed by atoms with E-state index in [1.54, 1.807) is 61.9 Å². The van der Waals surface area contributed by atoms with Gasteiger partial charge >= 0.3 is 6.09 Å². The molecule has 2 amide bonds. The third-order valence-corrected chi connectivity index (χ3v) is 8.27. The van der Waals surface area contributed by atoms with Gasteiger partial charge in [0.05, 0.1) is 15.3 Å². The summed E-state index contributed by atoms with van der Waals surface area (Å²) in [5, 5.41) is 2.83. The number of carbonyl (C=O) groups is 2. The molecule has 40 heavy (non-hydrogen) atoms. The minimum atomic E-state index is -3.00. The normalized spacial score (nSPS) is 19.3. The Kier molecular flexibility index (Phi) is 8.13. The van der Waals surface area contributed by atoms with Gasteiger partial charge in [-0.25, -0.2) is 27.5 Å². The molecule has 0 bridgehead atoms. The van der Waals surface area contributed by atoms with Gasteiger partial charge in [0, 0.05) is 68.0 Å². The smallest absolute Gasteiger partial charge is 0.410 e. The van der Waals surface area contributed by atoms with E-state index in [0.29, 0.717) is 36.7 Å². The van der Waals surface area contributed by atoms with Crippen molar-refractivity contribution in [3.05, 3.63) is 47.2 Å². The third-order valence-electron chi connectivity index (χ3n) is 7.12. The van der Waals surface area contributed by atoms with E-state index in [4.69, 9.17) is 9.52 Å². The van der Waals surface area contributed by atoms with Crippen molar-refractivity contribution in [3.63, 3.8) is 0 Å². The van der Waals surface area contributed by atoms with Gasteiger partial charge in [0.25, 0.3) is 5.91 Å². The zero-order chi connectivity index (χ0) is 29.5. The number of pyridine rings is 1. The zero-order valence-corrected chi connectivity index (χ0v) is 24.4. The first kappa shape index (κ1) is 29.7. The van der Waals surface area contributed by atoms with Crippen LogP contribution in [0.1, 0.15) is 67.4 Å². The molecule has 0 aliphatic carbocycles. The Hall–Kier alpha value is -3.28. The number of benzene rings is 1. The molecule has 2 aliphatic heterocycles. The maximum absolute atomic E-state index is 14.1. The number of likely N-dealkylation sites (tertiary alicyclic amines) is 1. The number of nitrogens with zero attached hydrogens (tertiary/aromatic N) is 3. The van der Waals surface area contributed by atoms with Crippen LogP contribution in [0.5, 0.6) is 0 Å². The number of aromatic nitrogens is 1. The fourth-order valence-electron chi connectivity index (χ4n) is 4.96. The van der Waals surface area contributed by atoms with Gasteiger partial charge in [0.1, 0.15) is 11.4 Å². The van der Waals surface area contributed by atoms with Crippen LogP contribution in [0.4, 0.5) is 25.1 Å². The molecule has 0 saturated carbocycles. The zero-order valence-electron chi connectivity index (χ0n) is 23.6. The van der Waals surface area contributed by atoms with Crippen LogP contribution in [0.25, 0.3) is 0 Å². The number of rotatable bonds is 5. The van der Waals surface area contributed by atoms with Gasteiger partial charge in [0.2, 0.25) is 5.92 Å². The molecule has 218 valence electrons. The van der Waals surface area contributed by atoms with Crippen LogP contribution in [-0.4, -0.2) is 70.1 Å². The summed E-state index contributed by atoms with van der Waals surface area (Å²) in [4.78, 5) is 34.4. The van der Waals surface area contributed by atoms with Crippen molar-refractivity contribution in [1.29, 1.82) is 4.78 Å². The van der Waals surface area contributed by atoms with E-state index in [1.165, 1.54) is 12.3 Å². The molecule has 0 spiro atoms. The lowest BCUT2D eigenvalue weighted by molar-refractivity contribution is -0.0102. The van der Waals surface area contributed by atoms with Gasteiger partial charge in [-0.05, 0) is 63.4 Å². The summed E-state index contributed by atoms with van der Waals surface area (Å²) in [5.41, 5.74) is 1.47. The molecule has 1 aromatic heterocycles. The van der Waals surface area contributed by atoms with E-state index in [2.05, 4.69) is 10.3 Å². The topological polar surface area (TPSA) is 116 Å². The fraction of sp³-hybridized carbons (Fsp3) is 0.536. The molecule has 2 saturated heterocycles. The van der Waals surface area contributed by atoms with E-state index in [0.717, 1.165) is 5.56 Å². The average molecular weight is 578 g/mol. The highest BCUT2D eigenvalue weighted by Crippen LogP contribution is 2.36. The number of hydrogen-bond donors (Lipinski definition) is 2. The quantitative estimate of drug-likeness (QED) is 0.475. The number of hydrogen-bond acceptors (Lipinski definition) is 7. The number of amides is 2. The molecular formula is C28H37F2N5O4S. The maximum atomic E-state index is 14.1. The van der Waals surface area contributed by atoms with Crippen LogP contribution in [0, 0.1) is 11.7 Å². The SMILES string of the molecule is Cc1c(C2CN(C(=O)OC(C)(C)C)C2)cnc(N2CCCC(F)(F)CC2)c1C(=O)Nc1cccc(S(C)(=N)=O)c1. The monoisotopic (exact) mass is 577 g/mol. The van der Waals surface area contributed by atoms with Crippen LogP contribution in [0.3, 0.4) is 0 Å². The number of anilines is 2. The van der Waals surface area contributed by atoms with Crippen molar-refractivity contribution in [2.75, 3.05) is 42.7 Å². The first-order valence-corrected chi connectivity index (χ1v) is 15.3. The molecule has 1 atom stereocenters. The second-order valence-electron chi connectivity index (χ2n) is 11.6. The Labute approximate surface area is 234 Å². The Morgan fingerprint density at radius 2 is 1.90 bits per heavy atom. The molecule has 2 aromatic rings. The number of ether oxygens (including phenoxy) is 1. The van der Waals surface area contributed by atoms with Crippen molar-refractivity contribution in [1.82, 2.24) is 9.88 Å². The first-order valence-electron chi connectivity index (χ1n) is 13.3. The fourth-order valence-corrected chi connectivity index (χ4v) is 5.65. The molecule has 1 aromatic carbocycles. The average Bonchev–Trinajstić information content (AvgIpc) is 2.97. The standard InChI is InChI=1S/C28H37F2N5O4S/c1-18-22(19-16-35(17-19)26(37)39-27(2,3)4)15-32-24(34-12-7-10-28(29,30)11-13-34)23(18)25(36)33-20-8-6-9-21(14-20)40(5,31)38/h6,8-9,14-15,19,31H,7,10-13,16-17H2,1-5H3,(H,33,36). The van der Waals surface area contributed by atoms with Crippen molar-refractivity contribution >= 4 is 33.2 Å². The van der Waals surface area contributed by atoms with E-state index < -0.39 is 33.3 Å². The van der Waals surface area contributed by atoms with Gasteiger partial charge < -0.3 is 19.9 Å². The molecule has 1 unspecified atom stereocenters. The lowest BCUT2D eigenvalue weighted by atomic mass is 9.88. The van der Waals surface area contributed by atoms with Gasteiger partial charge in [0.15, 0.2) is 0 Å². The molecule has 2 aliphatic rings. The molecule has 0 radical (unpaired) electrons. The summed E-state index contributed by atoms with van der Waals surface area (Å²) in [5.74, 6) is -2.99. The second kappa shape index (κ2) is 10.9. The number of nitrogens with one attached hydrogen (secondary N) is 2. The Bertz CT molecular complexity index is 1400. The molecule has 2 fully saturated rings. The van der Waals surface area contributed by atoms with Crippen LogP contribution >= 0.6 is 0 Å². The highest BCUT2D eigenvalue weighted by molar-refractivity contribution is 7.91. The molecule has 2 N–H and O–H groups in total. The number of halogens is 2. The Morgan fingerprint density at radius 1 is 1.20 bits per heavy atom. The lowest BCUT2D eigenvalue weighted by Crippen LogP contribution is -2.50. The lowest BCUT2D eigenvalue weighted by Gasteiger charge is -2.40. The first-order chi connectivity index (χ1) is 18.5. The van der Waals surface area contributed by atoms with Crippen LogP contribution in [0.15, 0.2) is 35.4 Å². The summed E-state index contributed by atoms with van der Waals surface area (Å²) in [6, 6.07) is 6.31. The number of alkyl halides is 2. The van der Waals surface area contributed by atoms with Crippen molar-refractivity contribution < 1.29 is 27.3 Å². The van der Waals surface area contributed by atoms with E-state index in [1.807, 2.05) is 0 Å². The van der Waals surface area contributed by atoms with Crippen LogP contribution in [-0.2, 0) is 14.5 Å². The third kappa shape index (κ3) is 6.89. The summed E-state index contributed by atoms with van der Waals surface area (Å²) in [7, 11) is -3.00. The van der Waals surface area contributed by atoms with E-state index in [9.17, 15) is 22.6 Å². The van der Waals surface area contributed by atoms with Gasteiger partial charge in [-0.3, -0.25) is 4.79 Å². The Balaban J connectivity index is 1.65. The summed E-state index contributed by atoms with van der Waals surface area (Å²) in [6.45, 7) is 8.42. The minimum Gasteiger partial charge on any atom is -0.444 e. The molecule has 9 nitrogen and oxygen atoms in total. The molecule has 3 heterocycles. The highest BCUT2D eigenvalue weighted by Gasteiger charge is 2.38. The molecular weight excluding hydrogens is 540 g/mol. The summed E-state index contributed by atoms with van der Waals surface area (Å²) in [6.07, 6.45) is 2.28. The molecule has 4 rings (SSSR count). The molecule has 12 heteroatoms. The highest BCUT2D eigenvalue weighted by atomic mass is 32.2. The van der Waals surface area contributed by atoms with Crippen molar-refractivity contribution in [2.45, 2.75) is 69.3 Å².